The number of nitrogens with two attached hydrogens (primary N) is 1. The molecule has 13 heteroatoms. The van der Waals surface area contributed by atoms with Gasteiger partial charge in [-0.2, -0.15) is 0 Å². The third kappa shape index (κ3) is 9.66. The Kier molecular flexibility index (Phi) is 11.9. The van der Waals surface area contributed by atoms with Crippen LogP contribution in [-0.4, -0.2) is 85.6 Å². The molecule has 0 spiro atoms. The number of ether oxygens (including phenoxy) is 1. The van der Waals surface area contributed by atoms with E-state index < -0.39 is 22.2 Å². The largest absolute Gasteiger partial charge is 0.488 e. The molecule has 12 nitrogen and oxygen atoms in total. The van der Waals surface area contributed by atoms with Crippen LogP contribution in [0.2, 0.25) is 0 Å². The summed E-state index contributed by atoms with van der Waals surface area (Å²) >= 11 is 0. The number of nitrogens with zero attached hydrogens (tertiary/aromatic N) is 2. The smallest absolute Gasteiger partial charge is 0.258 e. The van der Waals surface area contributed by atoms with Gasteiger partial charge in [0, 0.05) is 38.0 Å². The highest BCUT2D eigenvalue weighted by Crippen LogP contribution is 2.31. The Morgan fingerprint density at radius 1 is 1.12 bits per heavy atom. The molecule has 2 aromatic rings. The minimum Gasteiger partial charge on any atom is -0.488 e. The molecule has 236 valence electrons. The topological polar surface area (TPSA) is 171 Å². The standard InChI is InChI=1S/C30H43N5O7S/c1-20-17-35(21(2)19-36)30(39)23-16-22(14-15-26(23)42-27(20)18-34(3)43(4,40)41)32-28(37)12-6-5-7-13-29(38)33-25-11-9-8-10-24(25)31/h8-11,14-16,20-21,27,36H,5-7,12-13,17-19,31H2,1-4H3,(H,32,37)(H,33,38)/t20-,21+,27+/m1/s1. The minimum absolute atomic E-state index is 0.0788. The normalized spacial score (nSPS) is 17.8. The van der Waals surface area contributed by atoms with Crippen molar-refractivity contribution in [1.29, 1.82) is 0 Å². The first-order valence-corrected chi connectivity index (χ1v) is 16.2. The fraction of sp³-hybridized carbons (Fsp3) is 0.500. The van der Waals surface area contributed by atoms with Gasteiger partial charge in [0.25, 0.3) is 5.91 Å². The molecule has 1 heterocycles. The molecule has 0 saturated heterocycles. The summed E-state index contributed by atoms with van der Waals surface area (Å²) in [6.45, 7) is 3.68. The van der Waals surface area contributed by atoms with Gasteiger partial charge >= 0.3 is 0 Å². The number of carbonyl (C=O) groups excluding carboxylic acids is 3. The number of rotatable bonds is 13. The first-order chi connectivity index (χ1) is 20.3. The Hall–Kier alpha value is -3.68. The number of hydrogen-bond acceptors (Lipinski definition) is 8. The molecule has 3 rings (SSSR count). The molecule has 3 atom stereocenters. The number of hydrogen-bond donors (Lipinski definition) is 4. The van der Waals surface area contributed by atoms with Crippen molar-refractivity contribution in [2.75, 3.05) is 49.4 Å². The number of anilines is 3. The third-order valence-electron chi connectivity index (χ3n) is 7.49. The number of amides is 3. The number of fused-ring (bicyclic) bond motifs is 1. The van der Waals surface area contributed by atoms with Crippen LogP contribution < -0.4 is 21.1 Å². The van der Waals surface area contributed by atoms with E-state index in [0.717, 1.165) is 6.26 Å². The average molecular weight is 618 g/mol. The summed E-state index contributed by atoms with van der Waals surface area (Å²) in [7, 11) is -1.99. The van der Waals surface area contributed by atoms with Gasteiger partial charge in [-0.25, -0.2) is 12.7 Å². The van der Waals surface area contributed by atoms with E-state index >= 15 is 0 Å². The maximum absolute atomic E-state index is 13.6. The highest BCUT2D eigenvalue weighted by Gasteiger charge is 2.34. The van der Waals surface area contributed by atoms with Crippen LogP contribution in [0.5, 0.6) is 5.75 Å². The second kappa shape index (κ2) is 15.2. The lowest BCUT2D eigenvalue weighted by molar-refractivity contribution is -0.116. The van der Waals surface area contributed by atoms with Crippen LogP contribution in [0.3, 0.4) is 0 Å². The van der Waals surface area contributed by atoms with Gasteiger partial charge in [-0.15, -0.1) is 0 Å². The molecule has 1 aliphatic rings. The van der Waals surface area contributed by atoms with Crippen molar-refractivity contribution in [1.82, 2.24) is 9.21 Å². The van der Waals surface area contributed by atoms with E-state index in [4.69, 9.17) is 10.5 Å². The van der Waals surface area contributed by atoms with Crippen LogP contribution in [0.25, 0.3) is 0 Å². The molecule has 0 aliphatic carbocycles. The molecule has 0 radical (unpaired) electrons. The predicted octanol–water partition coefficient (Wildman–Crippen LogP) is 2.91. The van der Waals surface area contributed by atoms with Crippen molar-refractivity contribution >= 4 is 44.8 Å². The molecule has 1 aliphatic heterocycles. The molecular weight excluding hydrogens is 574 g/mol. The fourth-order valence-electron chi connectivity index (χ4n) is 4.70. The van der Waals surface area contributed by atoms with E-state index in [1.807, 2.05) is 6.92 Å². The van der Waals surface area contributed by atoms with Crippen LogP contribution in [0, 0.1) is 5.92 Å². The van der Waals surface area contributed by atoms with Gasteiger partial charge in [-0.1, -0.05) is 25.5 Å². The second-order valence-corrected chi connectivity index (χ2v) is 13.2. The zero-order valence-electron chi connectivity index (χ0n) is 25.2. The van der Waals surface area contributed by atoms with Crippen molar-refractivity contribution in [2.45, 2.75) is 58.1 Å². The number of nitrogen functional groups attached to an aromatic ring is 1. The number of aliphatic hydroxyl groups is 1. The number of carbonyl (C=O) groups is 3. The summed E-state index contributed by atoms with van der Waals surface area (Å²) < 4.78 is 31.5. The number of para-hydroxylation sites is 2. The molecule has 0 aromatic heterocycles. The number of aliphatic hydroxyl groups excluding tert-OH is 1. The Morgan fingerprint density at radius 2 is 1.77 bits per heavy atom. The van der Waals surface area contributed by atoms with E-state index in [-0.39, 0.29) is 61.1 Å². The molecule has 0 unspecified atom stereocenters. The summed E-state index contributed by atoms with van der Waals surface area (Å²) in [5.41, 5.74) is 7.55. The van der Waals surface area contributed by atoms with Crippen LogP contribution >= 0.6 is 0 Å². The first kappa shape index (κ1) is 33.8. The summed E-state index contributed by atoms with van der Waals surface area (Å²) in [4.78, 5) is 40.0. The van der Waals surface area contributed by atoms with E-state index in [2.05, 4.69) is 10.6 Å². The van der Waals surface area contributed by atoms with Gasteiger partial charge in [-0.05, 0) is 50.1 Å². The number of likely N-dealkylation sites (N-methyl/N-ethyl adjacent to an activating group) is 1. The van der Waals surface area contributed by atoms with Gasteiger partial charge < -0.3 is 31.1 Å². The maximum atomic E-state index is 13.6. The molecule has 0 fully saturated rings. The van der Waals surface area contributed by atoms with Gasteiger partial charge in [0.05, 0.1) is 42.4 Å². The van der Waals surface area contributed by atoms with Gasteiger partial charge in [0.2, 0.25) is 21.8 Å². The molecule has 3 amide bonds. The lowest BCUT2D eigenvalue weighted by atomic mass is 9.99. The summed E-state index contributed by atoms with van der Waals surface area (Å²) in [6, 6.07) is 11.3. The minimum atomic E-state index is -3.46. The third-order valence-corrected chi connectivity index (χ3v) is 8.78. The maximum Gasteiger partial charge on any atom is 0.258 e. The van der Waals surface area contributed by atoms with Gasteiger partial charge in [-0.3, -0.25) is 14.4 Å². The molecule has 2 aromatic carbocycles. The van der Waals surface area contributed by atoms with Crippen molar-refractivity contribution in [3.05, 3.63) is 48.0 Å². The Bertz CT molecular complexity index is 1400. The van der Waals surface area contributed by atoms with Crippen molar-refractivity contribution in [2.24, 2.45) is 5.92 Å². The predicted molar refractivity (Wildman–Crippen MR) is 166 cm³/mol. The lowest BCUT2D eigenvalue weighted by Gasteiger charge is -2.38. The second-order valence-electron chi connectivity index (χ2n) is 11.1. The first-order valence-electron chi connectivity index (χ1n) is 14.4. The van der Waals surface area contributed by atoms with E-state index in [0.29, 0.717) is 42.7 Å². The van der Waals surface area contributed by atoms with Crippen molar-refractivity contribution < 1.29 is 32.6 Å². The number of sulfonamides is 1. The number of unbranched alkanes of at least 4 members (excludes halogenated alkanes) is 2. The van der Waals surface area contributed by atoms with Crippen LogP contribution in [0.1, 0.15) is 56.3 Å². The Balaban J connectivity index is 1.62. The SMILES string of the molecule is C[C@@H]1CN([C@@H](C)CO)C(=O)c2cc(NC(=O)CCCCCC(=O)Nc3ccccc3N)ccc2O[C@H]1CN(C)S(C)(=O)=O. The van der Waals surface area contributed by atoms with E-state index in [1.165, 1.54) is 11.4 Å². The monoisotopic (exact) mass is 617 g/mol. The molecule has 43 heavy (non-hydrogen) atoms. The average Bonchev–Trinajstić information content (AvgIpc) is 2.95. The summed E-state index contributed by atoms with van der Waals surface area (Å²) in [6.07, 6.45) is 2.97. The molecule has 0 saturated carbocycles. The van der Waals surface area contributed by atoms with E-state index in [1.54, 1.807) is 54.3 Å². The van der Waals surface area contributed by atoms with Crippen LogP contribution in [-0.2, 0) is 19.6 Å². The van der Waals surface area contributed by atoms with Gasteiger partial charge in [0.1, 0.15) is 11.9 Å². The molecular formula is C30H43N5O7S. The Labute approximate surface area is 253 Å². The highest BCUT2D eigenvalue weighted by atomic mass is 32.2. The van der Waals surface area contributed by atoms with Crippen molar-refractivity contribution in [3.63, 3.8) is 0 Å². The molecule has 5 N–H and O–H groups in total. The van der Waals surface area contributed by atoms with Crippen LogP contribution in [0.4, 0.5) is 17.1 Å². The quantitative estimate of drug-likeness (QED) is 0.196. The molecule has 0 bridgehead atoms. The summed E-state index contributed by atoms with van der Waals surface area (Å²) in [5, 5.41) is 15.4. The number of benzene rings is 2. The Morgan fingerprint density at radius 3 is 2.40 bits per heavy atom. The zero-order chi connectivity index (χ0) is 31.7. The number of nitrogens with one attached hydrogen (secondary N) is 2. The van der Waals surface area contributed by atoms with Gasteiger partial charge in [0.15, 0.2) is 0 Å². The van der Waals surface area contributed by atoms with Crippen molar-refractivity contribution in [3.8, 4) is 5.75 Å². The zero-order valence-corrected chi connectivity index (χ0v) is 26.0. The van der Waals surface area contributed by atoms with E-state index in [9.17, 15) is 27.9 Å². The summed E-state index contributed by atoms with van der Waals surface area (Å²) in [5.74, 6) is -0.698. The highest BCUT2D eigenvalue weighted by molar-refractivity contribution is 7.88. The fourth-order valence-corrected chi connectivity index (χ4v) is 5.12. The van der Waals surface area contributed by atoms with Crippen LogP contribution in [0.15, 0.2) is 42.5 Å². The lowest BCUT2D eigenvalue weighted by Crippen LogP contribution is -2.50.